The number of hydrogen-bond donors (Lipinski definition) is 1. The molecular formula is C18H25N5OS. The van der Waals surface area contributed by atoms with Crippen LogP contribution in [0.15, 0.2) is 23.7 Å². The number of aromatic nitrogens is 2. The Morgan fingerprint density at radius 3 is 2.92 bits per heavy atom. The van der Waals surface area contributed by atoms with Crippen molar-refractivity contribution < 1.29 is 4.79 Å². The fraction of sp³-hybridized carbons (Fsp3) is 0.500. The van der Waals surface area contributed by atoms with Crippen LogP contribution in [0.5, 0.6) is 0 Å². The summed E-state index contributed by atoms with van der Waals surface area (Å²) < 4.78 is 0. The van der Waals surface area contributed by atoms with E-state index in [-0.39, 0.29) is 5.91 Å². The van der Waals surface area contributed by atoms with E-state index in [2.05, 4.69) is 46.1 Å². The summed E-state index contributed by atoms with van der Waals surface area (Å²) in [5, 5.41) is 5.88. The molecule has 0 bridgehead atoms. The quantitative estimate of drug-likeness (QED) is 0.856. The van der Waals surface area contributed by atoms with Crippen molar-refractivity contribution in [3.63, 3.8) is 0 Å². The molecule has 2 aromatic rings. The van der Waals surface area contributed by atoms with E-state index in [0.29, 0.717) is 18.2 Å². The van der Waals surface area contributed by atoms with Gasteiger partial charge in [0.2, 0.25) is 0 Å². The Balaban J connectivity index is 1.56. The minimum Gasteiger partial charge on any atom is -0.355 e. The van der Waals surface area contributed by atoms with Crippen molar-refractivity contribution in [3.8, 4) is 0 Å². The Morgan fingerprint density at radius 1 is 1.48 bits per heavy atom. The van der Waals surface area contributed by atoms with Gasteiger partial charge in [-0.05, 0) is 38.6 Å². The van der Waals surface area contributed by atoms with Crippen LogP contribution in [0.4, 0.5) is 5.82 Å². The molecule has 0 aliphatic carbocycles. The third-order valence-corrected chi connectivity index (χ3v) is 5.54. The topological polar surface area (TPSA) is 61.4 Å². The molecule has 3 rings (SSSR count). The van der Waals surface area contributed by atoms with Crippen molar-refractivity contribution in [3.05, 3.63) is 40.0 Å². The van der Waals surface area contributed by atoms with E-state index in [4.69, 9.17) is 0 Å². The van der Waals surface area contributed by atoms with Crippen LogP contribution in [0.3, 0.4) is 0 Å². The number of pyridine rings is 1. The monoisotopic (exact) mass is 359 g/mol. The Kier molecular flexibility index (Phi) is 5.65. The number of carbonyl (C=O) groups excluding carboxylic acids is 1. The number of carbonyl (C=O) groups is 1. The van der Waals surface area contributed by atoms with Gasteiger partial charge in [0.1, 0.15) is 10.8 Å². The lowest BCUT2D eigenvalue weighted by molar-refractivity contribution is 0.0950. The molecule has 1 aliphatic rings. The lowest BCUT2D eigenvalue weighted by atomic mass is 10.2. The van der Waals surface area contributed by atoms with Crippen molar-refractivity contribution in [2.45, 2.75) is 32.4 Å². The van der Waals surface area contributed by atoms with Gasteiger partial charge in [-0.15, -0.1) is 11.3 Å². The summed E-state index contributed by atoms with van der Waals surface area (Å²) in [6.07, 6.45) is 3.71. The summed E-state index contributed by atoms with van der Waals surface area (Å²) in [5.41, 5.74) is 1.65. The number of likely N-dealkylation sites (N-methyl/N-ethyl adjacent to an activating group) is 2. The van der Waals surface area contributed by atoms with E-state index < -0.39 is 0 Å². The summed E-state index contributed by atoms with van der Waals surface area (Å²) in [7, 11) is 4.21. The first kappa shape index (κ1) is 17.8. The highest BCUT2D eigenvalue weighted by molar-refractivity contribution is 7.09. The van der Waals surface area contributed by atoms with Crippen LogP contribution < -0.4 is 10.2 Å². The molecule has 134 valence electrons. The predicted octanol–water partition coefficient (Wildman–Crippen LogP) is 2.17. The molecule has 1 aliphatic heterocycles. The molecule has 0 saturated carbocycles. The average Bonchev–Trinajstić information content (AvgIpc) is 3.28. The summed E-state index contributed by atoms with van der Waals surface area (Å²) in [4.78, 5) is 25.7. The smallest absolute Gasteiger partial charge is 0.253 e. The molecule has 6 nitrogen and oxygen atoms in total. The number of nitrogens with zero attached hydrogens (tertiary/aromatic N) is 4. The number of hydrogen-bond acceptors (Lipinski definition) is 6. The first-order chi connectivity index (χ1) is 12.1. The molecule has 2 aromatic heterocycles. The maximum atomic E-state index is 12.3. The van der Waals surface area contributed by atoms with E-state index >= 15 is 0 Å². The molecule has 0 radical (unpaired) electrons. The number of aryl methyl sites for hydroxylation is 1. The summed E-state index contributed by atoms with van der Waals surface area (Å²) in [6, 6.07) is 4.24. The van der Waals surface area contributed by atoms with Crippen LogP contribution in [-0.4, -0.2) is 54.0 Å². The first-order valence-electron chi connectivity index (χ1n) is 8.65. The van der Waals surface area contributed by atoms with Crippen LogP contribution in [0, 0.1) is 0 Å². The molecule has 1 saturated heterocycles. The molecule has 1 atom stereocenters. The fourth-order valence-electron chi connectivity index (χ4n) is 2.99. The standard InChI is InChI=1S/C18H25N5OS/c1-4-14-12-25-17(21-14)10-20-18(24)13-5-6-16(19-9-13)23(3)15-7-8-22(2)11-15/h5-6,9,12,15H,4,7-8,10-11H2,1-3H3,(H,20,24)/t15-/m0/s1. The molecule has 0 aromatic carbocycles. The second-order valence-corrected chi connectivity index (χ2v) is 7.43. The third-order valence-electron chi connectivity index (χ3n) is 4.65. The number of nitrogens with one attached hydrogen (secondary N) is 1. The normalized spacial score (nSPS) is 17.6. The highest BCUT2D eigenvalue weighted by Gasteiger charge is 2.24. The molecule has 3 heterocycles. The maximum absolute atomic E-state index is 12.3. The lowest BCUT2D eigenvalue weighted by Gasteiger charge is -2.25. The fourth-order valence-corrected chi connectivity index (χ4v) is 3.81. The summed E-state index contributed by atoms with van der Waals surface area (Å²) >= 11 is 1.58. The number of amides is 1. The average molecular weight is 359 g/mol. The maximum Gasteiger partial charge on any atom is 0.253 e. The SMILES string of the molecule is CCc1csc(CNC(=O)c2ccc(N(C)[C@H]3CCN(C)C3)nc2)n1. The van der Waals surface area contributed by atoms with Crippen LogP contribution in [0.25, 0.3) is 0 Å². The van der Waals surface area contributed by atoms with Gasteiger partial charge in [-0.1, -0.05) is 6.92 Å². The molecule has 0 unspecified atom stereocenters. The van der Waals surface area contributed by atoms with E-state index in [1.165, 1.54) is 0 Å². The largest absolute Gasteiger partial charge is 0.355 e. The number of thiazole rings is 1. The number of likely N-dealkylation sites (tertiary alicyclic amines) is 1. The van der Waals surface area contributed by atoms with Crippen molar-refractivity contribution in [2.24, 2.45) is 0 Å². The number of anilines is 1. The van der Waals surface area contributed by atoms with Crippen molar-refractivity contribution >= 4 is 23.1 Å². The van der Waals surface area contributed by atoms with Crippen LogP contribution in [0.1, 0.15) is 34.4 Å². The second-order valence-electron chi connectivity index (χ2n) is 6.49. The van der Waals surface area contributed by atoms with E-state index in [1.807, 2.05) is 17.5 Å². The molecular weight excluding hydrogens is 334 g/mol. The second kappa shape index (κ2) is 7.93. The molecule has 1 N–H and O–H groups in total. The van der Waals surface area contributed by atoms with Crippen LogP contribution in [-0.2, 0) is 13.0 Å². The Labute approximate surface area is 152 Å². The predicted molar refractivity (Wildman–Crippen MR) is 101 cm³/mol. The lowest BCUT2D eigenvalue weighted by Crippen LogP contribution is -2.34. The van der Waals surface area contributed by atoms with Gasteiger partial charge in [-0.3, -0.25) is 4.79 Å². The zero-order valence-electron chi connectivity index (χ0n) is 15.0. The zero-order chi connectivity index (χ0) is 17.8. The minimum absolute atomic E-state index is 0.115. The molecule has 7 heteroatoms. The van der Waals surface area contributed by atoms with Gasteiger partial charge in [0.15, 0.2) is 0 Å². The van der Waals surface area contributed by atoms with Gasteiger partial charge in [0.25, 0.3) is 5.91 Å². The molecule has 1 amide bonds. The van der Waals surface area contributed by atoms with Gasteiger partial charge >= 0.3 is 0 Å². The summed E-state index contributed by atoms with van der Waals surface area (Å²) in [6.45, 7) is 4.70. The first-order valence-corrected chi connectivity index (χ1v) is 9.53. The van der Waals surface area contributed by atoms with Crippen LogP contribution >= 0.6 is 11.3 Å². The number of rotatable bonds is 6. The Bertz CT molecular complexity index is 715. The highest BCUT2D eigenvalue weighted by atomic mass is 32.1. The van der Waals surface area contributed by atoms with Gasteiger partial charge in [0, 0.05) is 31.2 Å². The summed E-state index contributed by atoms with van der Waals surface area (Å²) in [5.74, 6) is 0.792. The molecule has 1 fully saturated rings. The van der Waals surface area contributed by atoms with E-state index in [9.17, 15) is 4.79 Å². The van der Waals surface area contributed by atoms with Gasteiger partial charge < -0.3 is 15.1 Å². The van der Waals surface area contributed by atoms with E-state index in [0.717, 1.165) is 42.5 Å². The van der Waals surface area contributed by atoms with Gasteiger partial charge in [0.05, 0.1) is 17.8 Å². The molecule has 0 spiro atoms. The van der Waals surface area contributed by atoms with Gasteiger partial charge in [-0.2, -0.15) is 0 Å². The van der Waals surface area contributed by atoms with Gasteiger partial charge in [-0.25, -0.2) is 9.97 Å². The van der Waals surface area contributed by atoms with Crippen molar-refractivity contribution in [1.82, 2.24) is 20.2 Å². The van der Waals surface area contributed by atoms with E-state index in [1.54, 1.807) is 17.5 Å². The van der Waals surface area contributed by atoms with Crippen molar-refractivity contribution in [2.75, 3.05) is 32.1 Å². The minimum atomic E-state index is -0.115. The highest BCUT2D eigenvalue weighted by Crippen LogP contribution is 2.19. The third kappa shape index (κ3) is 4.35. The van der Waals surface area contributed by atoms with Crippen LogP contribution in [0.2, 0.25) is 0 Å². The zero-order valence-corrected chi connectivity index (χ0v) is 15.8. The molecule has 25 heavy (non-hydrogen) atoms. The Hall–Kier alpha value is -1.99. The van der Waals surface area contributed by atoms with Crippen molar-refractivity contribution in [1.29, 1.82) is 0 Å². The Morgan fingerprint density at radius 2 is 2.32 bits per heavy atom.